The third-order valence-electron chi connectivity index (χ3n) is 0.608. The van der Waals surface area contributed by atoms with Gasteiger partial charge in [0.2, 0.25) is 11.8 Å². The van der Waals surface area contributed by atoms with Gasteiger partial charge in [-0.15, -0.1) is 0 Å². The summed E-state index contributed by atoms with van der Waals surface area (Å²) in [6, 6.07) is -1.48. The van der Waals surface area contributed by atoms with Gasteiger partial charge >= 0.3 is 6.03 Å². The maximum absolute atomic E-state index is 10.8. The first kappa shape index (κ1) is 2.47. The van der Waals surface area contributed by atoms with Gasteiger partial charge < -0.3 is 0 Å². The lowest BCUT2D eigenvalue weighted by atomic mass is 10.3. The summed E-state index contributed by atoms with van der Waals surface area (Å²) < 4.78 is 27.2. The van der Waals surface area contributed by atoms with Crippen LogP contribution in [0.1, 0.15) is 9.11 Å². The predicted octanol–water partition coefficient (Wildman–Crippen LogP) is -1.26. The summed E-state index contributed by atoms with van der Waals surface area (Å²) >= 11 is 0. The Balaban J connectivity index is 3.15. The van der Waals surface area contributed by atoms with Gasteiger partial charge in [0, 0.05) is 2.74 Å². The van der Waals surface area contributed by atoms with Crippen molar-refractivity contribution < 1.29 is 19.9 Å². The van der Waals surface area contributed by atoms with E-state index in [2.05, 4.69) is 0 Å². The molecule has 9 heavy (non-hydrogen) atoms. The quantitative estimate of drug-likeness (QED) is 0.404. The van der Waals surface area contributed by atoms with E-state index in [0.717, 1.165) is 0 Å². The Bertz CT molecular complexity index is 278. The summed E-state index contributed by atoms with van der Waals surface area (Å²) in [7, 11) is 0. The van der Waals surface area contributed by atoms with Crippen LogP contribution in [0.25, 0.3) is 0 Å². The van der Waals surface area contributed by atoms with Gasteiger partial charge in [0.25, 0.3) is 0 Å². The molecule has 5 heteroatoms. The van der Waals surface area contributed by atoms with Gasteiger partial charge in [-0.25, -0.2) is 4.79 Å². The van der Waals surface area contributed by atoms with Gasteiger partial charge in [-0.05, 0) is 0 Å². The van der Waals surface area contributed by atoms with Crippen LogP contribution in [0.5, 0.6) is 0 Å². The van der Waals surface area contributed by atoms with E-state index in [1.807, 2.05) is 0 Å². The van der Waals surface area contributed by atoms with Gasteiger partial charge in [0.1, 0.15) is 6.37 Å². The van der Waals surface area contributed by atoms with Gasteiger partial charge in [0.05, 0.1) is 0 Å². The summed E-state index contributed by atoms with van der Waals surface area (Å²) in [6.07, 6.45) is -3.00. The molecular formula is C4H4N2O3. The summed E-state index contributed by atoms with van der Waals surface area (Å²) in [4.78, 5) is 32.4. The molecule has 0 aromatic carbocycles. The molecule has 0 radical (unpaired) electrons. The summed E-state index contributed by atoms with van der Waals surface area (Å²) in [5.74, 6) is -3.16. The minimum absolute atomic E-state index is 0.353. The Morgan fingerprint density at radius 3 is 2.22 bits per heavy atom. The number of carbonyl (C=O) groups is 3. The Hall–Kier alpha value is -1.39. The van der Waals surface area contributed by atoms with Crippen LogP contribution < -0.4 is 10.6 Å². The van der Waals surface area contributed by atoms with E-state index in [1.54, 1.807) is 0 Å². The van der Waals surface area contributed by atoms with Gasteiger partial charge in [-0.2, -0.15) is 0 Å². The molecule has 1 aliphatic heterocycles. The van der Waals surface area contributed by atoms with Crippen LogP contribution in [-0.2, 0) is 9.59 Å². The molecule has 1 saturated heterocycles. The highest BCUT2D eigenvalue weighted by Gasteiger charge is 2.20. The summed E-state index contributed by atoms with van der Waals surface area (Å²) in [5.41, 5.74) is 0. The Labute approximate surface area is 56.1 Å². The van der Waals surface area contributed by atoms with E-state index >= 15 is 0 Å². The number of urea groups is 1. The molecule has 1 heterocycles. The van der Waals surface area contributed by atoms with E-state index in [4.69, 9.17) is 5.57 Å². The Kier molecular flexibility index (Phi) is 0.506. The van der Waals surface area contributed by atoms with Crippen LogP contribution in [0.3, 0.4) is 0 Å². The largest absolute Gasteiger partial charge is 0.328 e. The van der Waals surface area contributed by atoms with E-state index in [1.165, 1.54) is 0 Å². The third-order valence-corrected chi connectivity index (χ3v) is 0.608. The van der Waals surface area contributed by atoms with Crippen LogP contribution in [0.2, 0.25) is 2.82 Å². The standard InChI is InChI=1S/C4H4N2O3/c7-2-1-3(8)6-4(9)5-2/h1H2,(H2,5,6,7,8,9)/i1D2/hD2. The molecule has 0 atom stereocenters. The second-order valence-electron chi connectivity index (χ2n) is 1.24. The Morgan fingerprint density at radius 2 is 1.78 bits per heavy atom. The minimum Gasteiger partial charge on any atom is -0.277 e. The first-order chi connectivity index (χ1) is 5.80. The van der Waals surface area contributed by atoms with Gasteiger partial charge in [-0.3, -0.25) is 20.2 Å². The molecule has 2 N–H and O–H groups in total. The minimum atomic E-state index is -3.00. The van der Waals surface area contributed by atoms with E-state index in [-0.39, 0.29) is 10.6 Å². The smallest absolute Gasteiger partial charge is 0.277 e. The van der Waals surface area contributed by atoms with Crippen LogP contribution in [0.15, 0.2) is 0 Å². The summed E-state index contributed by atoms with van der Waals surface area (Å²) in [6.45, 7) is 0. The average molecular weight is 132 g/mol. The molecule has 0 aliphatic carbocycles. The highest BCUT2D eigenvalue weighted by Crippen LogP contribution is 1.85. The summed E-state index contributed by atoms with van der Waals surface area (Å²) in [5, 5.41) is -0.706. The molecule has 0 unspecified atom stereocenters. The number of amides is 4. The topological polar surface area (TPSA) is 75.3 Å². The van der Waals surface area contributed by atoms with Crippen molar-refractivity contribution in [3.63, 3.8) is 0 Å². The number of hydrogen-bond acceptors (Lipinski definition) is 3. The zero-order valence-corrected chi connectivity index (χ0v) is 4.12. The second kappa shape index (κ2) is 1.85. The molecule has 1 aliphatic rings. The number of rotatable bonds is 0. The van der Waals surface area contributed by atoms with E-state index in [0.29, 0.717) is 0 Å². The van der Waals surface area contributed by atoms with E-state index < -0.39 is 24.2 Å². The number of imide groups is 2. The van der Waals surface area contributed by atoms with Crippen molar-refractivity contribution in [3.8, 4) is 0 Å². The second-order valence-corrected chi connectivity index (χ2v) is 1.24. The fourth-order valence-corrected chi connectivity index (χ4v) is 0.346. The number of carbonyl (C=O) groups excluding carboxylic acids is 3. The van der Waals surface area contributed by atoms with Crippen molar-refractivity contribution in [2.24, 2.45) is 0 Å². The monoisotopic (exact) mass is 132 g/mol. The fraction of sp³-hybridized carbons (Fsp3) is 0.250. The third kappa shape index (κ3) is 1.25. The molecule has 0 bridgehead atoms. The number of barbiturate groups is 1. The van der Waals surface area contributed by atoms with Crippen molar-refractivity contribution in [2.45, 2.75) is 6.37 Å². The Morgan fingerprint density at radius 1 is 1.33 bits per heavy atom. The van der Waals surface area contributed by atoms with Crippen molar-refractivity contribution >= 4 is 17.8 Å². The fourth-order valence-electron chi connectivity index (χ4n) is 0.346. The molecule has 0 aromatic rings. The molecule has 48 valence electrons. The maximum Gasteiger partial charge on any atom is 0.328 e. The van der Waals surface area contributed by atoms with Crippen molar-refractivity contribution in [1.29, 1.82) is 0 Å². The predicted molar refractivity (Wildman–Crippen MR) is 26.3 cm³/mol. The van der Waals surface area contributed by atoms with Crippen LogP contribution in [0, 0.1) is 0 Å². The highest BCUT2D eigenvalue weighted by molar-refractivity contribution is 6.14. The normalized spacial score (nSPS) is 33.1. The lowest BCUT2D eigenvalue weighted by Gasteiger charge is -2.09. The van der Waals surface area contributed by atoms with Crippen molar-refractivity contribution in [1.82, 2.24) is 10.6 Å². The average Bonchev–Trinajstić information content (AvgIpc) is 2.09. The first-order valence-corrected chi connectivity index (χ1v) is 2.01. The number of hydrogen-bond donors (Lipinski definition) is 2. The zero-order valence-electron chi connectivity index (χ0n) is 8.12. The lowest BCUT2D eigenvalue weighted by Crippen LogP contribution is -2.49. The SMILES string of the molecule is [2H]N1C(=O)N([2H])C(=O)C([2H])([2H])C1=O. The first-order valence-electron chi connectivity index (χ1n) is 3.90. The maximum atomic E-state index is 10.8. The molecule has 5 nitrogen and oxygen atoms in total. The highest BCUT2D eigenvalue weighted by atomic mass is 16.2. The van der Waals surface area contributed by atoms with Crippen LogP contribution >= 0.6 is 0 Å². The molecule has 0 saturated carbocycles. The van der Waals surface area contributed by atoms with E-state index in [9.17, 15) is 14.4 Å². The molecular weight excluding hydrogens is 124 g/mol. The molecule has 0 aromatic heterocycles. The molecule has 1 fully saturated rings. The van der Waals surface area contributed by atoms with Gasteiger partial charge in [0.15, 0.2) is 2.82 Å². The molecule has 0 spiro atoms. The molecule has 4 amide bonds. The van der Waals surface area contributed by atoms with Crippen molar-refractivity contribution in [3.05, 3.63) is 0 Å². The van der Waals surface area contributed by atoms with Crippen LogP contribution in [-0.4, -0.2) is 17.8 Å². The zero-order chi connectivity index (χ0) is 10.4. The number of nitrogens with one attached hydrogen (secondary N) is 2. The van der Waals surface area contributed by atoms with Gasteiger partial charge in [-0.1, -0.05) is 0 Å². The molecule has 1 rings (SSSR count). The lowest BCUT2D eigenvalue weighted by molar-refractivity contribution is -0.129. The van der Waals surface area contributed by atoms with Crippen LogP contribution in [0.4, 0.5) is 4.79 Å². The van der Waals surface area contributed by atoms with Crippen molar-refractivity contribution in [2.75, 3.05) is 0 Å².